The summed E-state index contributed by atoms with van der Waals surface area (Å²) in [5.74, 6) is 0. The molecule has 0 radical (unpaired) electrons. The molecule has 2 unspecified atom stereocenters. The van der Waals surface area contributed by atoms with Crippen molar-refractivity contribution in [2.75, 3.05) is 33.0 Å². The molecular formula is C8H13F3O4. The average molecular weight is 230 g/mol. The van der Waals surface area contributed by atoms with Crippen LogP contribution in [0.5, 0.6) is 0 Å². The highest BCUT2D eigenvalue weighted by atomic mass is 19.4. The molecule has 1 aliphatic rings. The van der Waals surface area contributed by atoms with E-state index in [0.29, 0.717) is 6.61 Å². The molecule has 1 rings (SSSR count). The molecule has 0 aliphatic carbocycles. The van der Waals surface area contributed by atoms with Crippen LogP contribution in [0, 0.1) is 0 Å². The molecule has 2 atom stereocenters. The van der Waals surface area contributed by atoms with Crippen LogP contribution in [-0.2, 0) is 14.2 Å². The largest absolute Gasteiger partial charge is 0.411 e. The van der Waals surface area contributed by atoms with Gasteiger partial charge in [0.15, 0.2) is 0 Å². The Balaban J connectivity index is 2.04. The fourth-order valence-corrected chi connectivity index (χ4v) is 0.867. The van der Waals surface area contributed by atoms with Crippen molar-refractivity contribution >= 4 is 0 Å². The lowest BCUT2D eigenvalue weighted by atomic mass is 10.4. The van der Waals surface area contributed by atoms with E-state index in [9.17, 15) is 13.2 Å². The van der Waals surface area contributed by atoms with Gasteiger partial charge in [-0.3, -0.25) is 0 Å². The summed E-state index contributed by atoms with van der Waals surface area (Å²) in [4.78, 5) is 0. The third-order valence-electron chi connectivity index (χ3n) is 1.69. The Kier molecular flexibility index (Phi) is 4.78. The SMILES string of the molecule is OCC(COCC(F)(F)F)OCC1CO1. The molecule has 90 valence electrons. The van der Waals surface area contributed by atoms with Crippen molar-refractivity contribution in [2.24, 2.45) is 0 Å². The van der Waals surface area contributed by atoms with Crippen LogP contribution in [0.15, 0.2) is 0 Å². The van der Waals surface area contributed by atoms with Gasteiger partial charge < -0.3 is 19.3 Å². The van der Waals surface area contributed by atoms with Crippen molar-refractivity contribution in [3.05, 3.63) is 0 Å². The molecule has 1 fully saturated rings. The van der Waals surface area contributed by atoms with E-state index in [-0.39, 0.29) is 25.9 Å². The highest BCUT2D eigenvalue weighted by molar-refractivity contribution is 4.69. The molecule has 0 spiro atoms. The lowest BCUT2D eigenvalue weighted by molar-refractivity contribution is -0.183. The Morgan fingerprint density at radius 1 is 1.47 bits per heavy atom. The standard InChI is InChI=1S/C8H13F3O4/c9-8(10,11)5-13-2-6(1-12)14-3-7-4-15-7/h6-7,12H,1-5H2. The zero-order chi connectivity index (χ0) is 11.3. The van der Waals surface area contributed by atoms with E-state index in [1.165, 1.54) is 0 Å². The summed E-state index contributed by atoms with van der Waals surface area (Å²) < 4.78 is 49.3. The molecule has 1 heterocycles. The number of halogens is 3. The van der Waals surface area contributed by atoms with E-state index in [2.05, 4.69) is 4.74 Å². The normalized spacial score (nSPS) is 22.8. The van der Waals surface area contributed by atoms with Gasteiger partial charge in [0.25, 0.3) is 0 Å². The number of aliphatic hydroxyl groups excluding tert-OH is 1. The van der Waals surface area contributed by atoms with Gasteiger partial charge in [0.2, 0.25) is 0 Å². The fourth-order valence-electron chi connectivity index (χ4n) is 0.867. The predicted molar refractivity (Wildman–Crippen MR) is 43.4 cm³/mol. The summed E-state index contributed by atoms with van der Waals surface area (Å²) in [5.41, 5.74) is 0. The van der Waals surface area contributed by atoms with Crippen LogP contribution in [0.4, 0.5) is 13.2 Å². The lowest BCUT2D eigenvalue weighted by Gasteiger charge is -2.15. The monoisotopic (exact) mass is 230 g/mol. The van der Waals surface area contributed by atoms with Crippen molar-refractivity contribution in [2.45, 2.75) is 18.4 Å². The number of alkyl halides is 3. The number of hydrogen-bond acceptors (Lipinski definition) is 4. The van der Waals surface area contributed by atoms with Crippen LogP contribution in [0.25, 0.3) is 0 Å². The van der Waals surface area contributed by atoms with E-state index in [0.717, 1.165) is 0 Å². The molecule has 0 aromatic rings. The molecule has 1 saturated heterocycles. The van der Waals surface area contributed by atoms with Crippen molar-refractivity contribution in [1.29, 1.82) is 0 Å². The summed E-state index contributed by atoms with van der Waals surface area (Å²) in [6, 6.07) is 0. The van der Waals surface area contributed by atoms with E-state index in [4.69, 9.17) is 14.6 Å². The van der Waals surface area contributed by atoms with Crippen LogP contribution >= 0.6 is 0 Å². The highest BCUT2D eigenvalue weighted by Gasteiger charge is 2.28. The van der Waals surface area contributed by atoms with Gasteiger partial charge in [0, 0.05) is 0 Å². The van der Waals surface area contributed by atoms with Gasteiger partial charge in [-0.15, -0.1) is 0 Å². The highest BCUT2D eigenvalue weighted by Crippen LogP contribution is 2.15. The summed E-state index contributed by atoms with van der Waals surface area (Å²) in [6.45, 7) is -1.09. The van der Waals surface area contributed by atoms with Gasteiger partial charge in [-0.25, -0.2) is 0 Å². The third-order valence-corrected chi connectivity index (χ3v) is 1.69. The molecule has 4 nitrogen and oxygen atoms in total. The first-order valence-electron chi connectivity index (χ1n) is 4.50. The quantitative estimate of drug-likeness (QED) is 0.641. The maximum Gasteiger partial charge on any atom is 0.411 e. The number of epoxide rings is 1. The molecule has 1 aliphatic heterocycles. The van der Waals surface area contributed by atoms with Gasteiger partial charge in [-0.1, -0.05) is 0 Å². The summed E-state index contributed by atoms with van der Waals surface area (Å²) in [6.07, 6.45) is -5.06. The minimum absolute atomic E-state index is 0.0154. The van der Waals surface area contributed by atoms with Gasteiger partial charge in [0.05, 0.1) is 26.4 Å². The second-order valence-electron chi connectivity index (χ2n) is 3.22. The van der Waals surface area contributed by atoms with Crippen molar-refractivity contribution in [3.63, 3.8) is 0 Å². The molecule has 0 saturated carbocycles. The second kappa shape index (κ2) is 5.64. The van der Waals surface area contributed by atoms with Crippen molar-refractivity contribution < 1.29 is 32.5 Å². The zero-order valence-corrected chi connectivity index (χ0v) is 8.00. The minimum Gasteiger partial charge on any atom is -0.394 e. The third kappa shape index (κ3) is 6.67. The maximum absolute atomic E-state index is 11.7. The van der Waals surface area contributed by atoms with Gasteiger partial charge >= 0.3 is 6.18 Å². The van der Waals surface area contributed by atoms with Crippen LogP contribution in [0.2, 0.25) is 0 Å². The topological polar surface area (TPSA) is 51.2 Å². The van der Waals surface area contributed by atoms with E-state index in [1.54, 1.807) is 0 Å². The Morgan fingerprint density at radius 2 is 2.13 bits per heavy atom. The molecular weight excluding hydrogens is 217 g/mol. The number of aliphatic hydroxyl groups is 1. The number of ether oxygens (including phenoxy) is 3. The average Bonchev–Trinajstić information content (AvgIpc) is 2.92. The molecule has 0 aromatic heterocycles. The van der Waals surface area contributed by atoms with Gasteiger partial charge in [-0.05, 0) is 0 Å². The molecule has 15 heavy (non-hydrogen) atoms. The first-order chi connectivity index (χ1) is 7.01. The van der Waals surface area contributed by atoms with Crippen molar-refractivity contribution in [1.82, 2.24) is 0 Å². The zero-order valence-electron chi connectivity index (χ0n) is 8.00. The van der Waals surface area contributed by atoms with Crippen LogP contribution in [-0.4, -0.2) is 56.5 Å². The molecule has 0 bridgehead atoms. The Bertz CT molecular complexity index is 181. The molecule has 7 heteroatoms. The minimum atomic E-state index is -4.35. The molecule has 0 aromatic carbocycles. The molecule has 0 amide bonds. The number of rotatable bonds is 7. The van der Waals surface area contributed by atoms with Gasteiger partial charge in [-0.2, -0.15) is 13.2 Å². The fraction of sp³-hybridized carbons (Fsp3) is 1.00. The van der Waals surface area contributed by atoms with E-state index < -0.39 is 18.9 Å². The van der Waals surface area contributed by atoms with Crippen LogP contribution in [0.3, 0.4) is 0 Å². The lowest BCUT2D eigenvalue weighted by Crippen LogP contribution is -2.28. The summed E-state index contributed by atoms with van der Waals surface area (Å²) in [5, 5.41) is 8.76. The van der Waals surface area contributed by atoms with Crippen LogP contribution < -0.4 is 0 Å². The summed E-state index contributed by atoms with van der Waals surface area (Å²) in [7, 11) is 0. The Morgan fingerprint density at radius 3 is 2.60 bits per heavy atom. The smallest absolute Gasteiger partial charge is 0.394 e. The first-order valence-corrected chi connectivity index (χ1v) is 4.50. The van der Waals surface area contributed by atoms with Crippen molar-refractivity contribution in [3.8, 4) is 0 Å². The van der Waals surface area contributed by atoms with E-state index in [1.807, 2.05) is 0 Å². The van der Waals surface area contributed by atoms with Crippen LogP contribution in [0.1, 0.15) is 0 Å². The van der Waals surface area contributed by atoms with Gasteiger partial charge in [0.1, 0.15) is 18.8 Å². The maximum atomic E-state index is 11.7. The molecule has 1 N–H and O–H groups in total. The first kappa shape index (κ1) is 12.7. The second-order valence-corrected chi connectivity index (χ2v) is 3.22. The Hall–Kier alpha value is -0.370. The van der Waals surface area contributed by atoms with E-state index >= 15 is 0 Å². The summed E-state index contributed by atoms with van der Waals surface area (Å²) >= 11 is 0. The predicted octanol–water partition coefficient (Wildman–Crippen LogP) is 0.342. The number of hydrogen-bond donors (Lipinski definition) is 1. The Labute approximate surface area is 84.9 Å².